The van der Waals surface area contributed by atoms with E-state index in [0.29, 0.717) is 17.2 Å². The first-order valence-corrected chi connectivity index (χ1v) is 11.4. The summed E-state index contributed by atoms with van der Waals surface area (Å²) in [6, 6.07) is 11.2. The number of rotatable bonds is 8. The van der Waals surface area contributed by atoms with Gasteiger partial charge in [0.05, 0.1) is 11.4 Å². The van der Waals surface area contributed by atoms with E-state index in [1.54, 1.807) is 24.6 Å². The van der Waals surface area contributed by atoms with E-state index in [1.807, 2.05) is 24.3 Å². The van der Waals surface area contributed by atoms with Crippen molar-refractivity contribution in [3.63, 3.8) is 0 Å². The minimum Gasteiger partial charge on any atom is -0.370 e. The van der Waals surface area contributed by atoms with Crippen LogP contribution in [-0.4, -0.2) is 45.3 Å². The second-order valence-electron chi connectivity index (χ2n) is 6.62. The quantitative estimate of drug-likeness (QED) is 0.728. The van der Waals surface area contributed by atoms with Crippen molar-refractivity contribution < 1.29 is 13.2 Å². The molecule has 2 heterocycles. The van der Waals surface area contributed by atoms with Gasteiger partial charge in [-0.1, -0.05) is 18.2 Å². The van der Waals surface area contributed by atoms with E-state index in [1.165, 1.54) is 28.5 Å². The molecule has 0 radical (unpaired) electrons. The number of para-hydroxylation sites is 2. The van der Waals surface area contributed by atoms with Gasteiger partial charge in [0.15, 0.2) is 0 Å². The molecule has 1 aliphatic rings. The minimum atomic E-state index is -3.46. The van der Waals surface area contributed by atoms with Crippen molar-refractivity contribution in [1.82, 2.24) is 4.31 Å². The van der Waals surface area contributed by atoms with Crippen molar-refractivity contribution in [1.29, 1.82) is 0 Å². The first-order chi connectivity index (χ1) is 13.0. The lowest BCUT2D eigenvalue weighted by Crippen LogP contribution is -2.28. The standard InChI is InChI=1S/C19H25N3O3S2/c1-21(27(24,25)19-11-7-15-26-19)12-6-10-18(23)20-16-8-2-3-9-17(16)22-13-4-5-14-22/h2-3,7-9,11,15H,4-6,10,12-14H2,1H3,(H,20,23). The van der Waals surface area contributed by atoms with Crippen LogP contribution in [0.4, 0.5) is 11.4 Å². The summed E-state index contributed by atoms with van der Waals surface area (Å²) in [7, 11) is -1.91. The van der Waals surface area contributed by atoms with Gasteiger partial charge in [-0.25, -0.2) is 12.7 Å². The van der Waals surface area contributed by atoms with Crippen LogP contribution >= 0.6 is 11.3 Å². The highest BCUT2D eigenvalue weighted by Crippen LogP contribution is 2.28. The molecule has 0 unspecified atom stereocenters. The molecule has 8 heteroatoms. The highest BCUT2D eigenvalue weighted by Gasteiger charge is 2.21. The van der Waals surface area contributed by atoms with Gasteiger partial charge in [-0.15, -0.1) is 11.3 Å². The van der Waals surface area contributed by atoms with E-state index >= 15 is 0 Å². The Kier molecular flexibility index (Phi) is 6.51. The Morgan fingerprint density at radius 3 is 2.63 bits per heavy atom. The maximum atomic E-state index is 12.4. The fraction of sp³-hybridized carbons (Fsp3) is 0.421. The van der Waals surface area contributed by atoms with Crippen LogP contribution in [0.3, 0.4) is 0 Å². The molecule has 0 bridgehead atoms. The molecule has 1 aromatic carbocycles. The third kappa shape index (κ3) is 4.88. The van der Waals surface area contributed by atoms with Gasteiger partial charge in [0.2, 0.25) is 5.91 Å². The highest BCUT2D eigenvalue weighted by molar-refractivity contribution is 7.91. The third-order valence-electron chi connectivity index (χ3n) is 4.66. The first kappa shape index (κ1) is 19.9. The molecule has 27 heavy (non-hydrogen) atoms. The van der Waals surface area contributed by atoms with Crippen LogP contribution in [0, 0.1) is 0 Å². The fourth-order valence-corrected chi connectivity index (χ4v) is 5.58. The van der Waals surface area contributed by atoms with E-state index in [2.05, 4.69) is 10.2 Å². The number of hydrogen-bond donors (Lipinski definition) is 1. The zero-order valence-electron chi connectivity index (χ0n) is 15.4. The van der Waals surface area contributed by atoms with Gasteiger partial charge < -0.3 is 10.2 Å². The molecule has 0 atom stereocenters. The van der Waals surface area contributed by atoms with E-state index in [0.717, 1.165) is 24.5 Å². The number of carbonyl (C=O) groups excluding carboxylic acids is 1. The molecular weight excluding hydrogens is 382 g/mol. The summed E-state index contributed by atoms with van der Waals surface area (Å²) in [5.41, 5.74) is 1.88. The molecule has 1 aliphatic heterocycles. The van der Waals surface area contributed by atoms with Crippen LogP contribution < -0.4 is 10.2 Å². The van der Waals surface area contributed by atoms with Gasteiger partial charge >= 0.3 is 0 Å². The number of sulfonamides is 1. The molecule has 0 saturated carbocycles. The molecule has 3 rings (SSSR count). The fourth-order valence-electron chi connectivity index (χ4n) is 3.17. The molecule has 146 valence electrons. The highest BCUT2D eigenvalue weighted by atomic mass is 32.2. The molecule has 1 aromatic heterocycles. The Hall–Kier alpha value is -1.90. The number of nitrogens with one attached hydrogen (secondary N) is 1. The van der Waals surface area contributed by atoms with Gasteiger partial charge in [0, 0.05) is 33.1 Å². The average Bonchev–Trinajstić information content (AvgIpc) is 3.36. The van der Waals surface area contributed by atoms with Gasteiger partial charge in [-0.2, -0.15) is 0 Å². The molecular formula is C19H25N3O3S2. The Morgan fingerprint density at radius 2 is 1.93 bits per heavy atom. The number of benzene rings is 1. The van der Waals surface area contributed by atoms with Crippen LogP contribution in [0.1, 0.15) is 25.7 Å². The maximum Gasteiger partial charge on any atom is 0.252 e. The molecule has 0 aliphatic carbocycles. The molecule has 2 aromatic rings. The zero-order valence-corrected chi connectivity index (χ0v) is 17.1. The molecule has 1 amide bonds. The second kappa shape index (κ2) is 8.86. The van der Waals surface area contributed by atoms with Crippen molar-refractivity contribution >= 4 is 38.6 Å². The lowest BCUT2D eigenvalue weighted by molar-refractivity contribution is -0.116. The van der Waals surface area contributed by atoms with Crippen molar-refractivity contribution in [2.24, 2.45) is 0 Å². The number of carbonyl (C=O) groups is 1. The first-order valence-electron chi connectivity index (χ1n) is 9.12. The summed E-state index contributed by atoms with van der Waals surface area (Å²) in [5, 5.41) is 4.72. The van der Waals surface area contributed by atoms with Gasteiger partial charge in [0.25, 0.3) is 10.0 Å². The van der Waals surface area contributed by atoms with Crippen LogP contribution in [0.5, 0.6) is 0 Å². The smallest absolute Gasteiger partial charge is 0.252 e. The number of amides is 1. The Balaban J connectivity index is 1.52. The van der Waals surface area contributed by atoms with Gasteiger partial charge in [-0.3, -0.25) is 4.79 Å². The minimum absolute atomic E-state index is 0.0939. The number of hydrogen-bond acceptors (Lipinski definition) is 5. The average molecular weight is 408 g/mol. The predicted octanol–water partition coefficient (Wildman–Crippen LogP) is 3.39. The van der Waals surface area contributed by atoms with Crippen molar-refractivity contribution in [2.75, 3.05) is 36.9 Å². The van der Waals surface area contributed by atoms with Crippen LogP contribution in [0.2, 0.25) is 0 Å². The summed E-state index contributed by atoms with van der Waals surface area (Å²) >= 11 is 1.20. The molecule has 6 nitrogen and oxygen atoms in total. The zero-order chi connectivity index (χ0) is 19.3. The lowest BCUT2D eigenvalue weighted by Gasteiger charge is -2.21. The van der Waals surface area contributed by atoms with Crippen LogP contribution in [0.25, 0.3) is 0 Å². The van der Waals surface area contributed by atoms with Crippen LogP contribution in [0.15, 0.2) is 46.0 Å². The maximum absolute atomic E-state index is 12.4. The van der Waals surface area contributed by atoms with Crippen molar-refractivity contribution in [3.8, 4) is 0 Å². The summed E-state index contributed by atoms with van der Waals surface area (Å²) in [4.78, 5) is 14.6. The largest absolute Gasteiger partial charge is 0.370 e. The molecule has 0 spiro atoms. The van der Waals surface area contributed by atoms with E-state index < -0.39 is 10.0 Å². The third-order valence-corrected chi connectivity index (χ3v) is 7.89. The lowest BCUT2D eigenvalue weighted by atomic mass is 10.2. The van der Waals surface area contributed by atoms with Crippen molar-refractivity contribution in [2.45, 2.75) is 29.9 Å². The topological polar surface area (TPSA) is 69.7 Å². The second-order valence-corrected chi connectivity index (χ2v) is 9.84. The van der Waals surface area contributed by atoms with E-state index in [9.17, 15) is 13.2 Å². The van der Waals surface area contributed by atoms with E-state index in [4.69, 9.17) is 0 Å². The summed E-state index contributed by atoms with van der Waals surface area (Å²) in [6.45, 7) is 2.33. The number of thiophene rings is 1. The summed E-state index contributed by atoms with van der Waals surface area (Å²) < 4.78 is 26.4. The molecule has 1 saturated heterocycles. The Morgan fingerprint density at radius 1 is 1.19 bits per heavy atom. The van der Waals surface area contributed by atoms with Crippen molar-refractivity contribution in [3.05, 3.63) is 41.8 Å². The molecule has 1 fully saturated rings. The number of anilines is 2. The summed E-state index contributed by atoms with van der Waals surface area (Å²) in [5.74, 6) is -0.0939. The van der Waals surface area contributed by atoms with Crippen LogP contribution in [-0.2, 0) is 14.8 Å². The predicted molar refractivity (Wildman–Crippen MR) is 110 cm³/mol. The number of nitrogens with zero attached hydrogens (tertiary/aromatic N) is 2. The van der Waals surface area contributed by atoms with Gasteiger partial charge in [-0.05, 0) is 42.8 Å². The molecule has 1 N–H and O–H groups in total. The summed E-state index contributed by atoms with van der Waals surface area (Å²) in [6.07, 6.45) is 3.10. The SMILES string of the molecule is CN(CCCC(=O)Nc1ccccc1N1CCCC1)S(=O)(=O)c1cccs1. The Labute approximate surface area is 164 Å². The Bertz CT molecular complexity index is 860. The monoisotopic (exact) mass is 407 g/mol. The van der Waals surface area contributed by atoms with E-state index in [-0.39, 0.29) is 12.3 Å². The normalized spacial score (nSPS) is 14.7. The van der Waals surface area contributed by atoms with Gasteiger partial charge in [0.1, 0.15) is 4.21 Å².